The molecule has 19 heavy (non-hydrogen) atoms. The van der Waals surface area contributed by atoms with E-state index < -0.39 is 0 Å². The van der Waals surface area contributed by atoms with Gasteiger partial charge in [0.2, 0.25) is 0 Å². The van der Waals surface area contributed by atoms with Crippen molar-refractivity contribution in [1.82, 2.24) is 0 Å². The number of Topliss-reactive ketones (excluding diaryl/α,β-unsaturated/α-hetero) is 1. The van der Waals surface area contributed by atoms with Crippen LogP contribution in [0.2, 0.25) is 0 Å². The number of benzene rings is 1. The second-order valence-corrected chi connectivity index (χ2v) is 5.49. The Labute approximate surface area is 113 Å². The molecule has 2 rings (SSSR count). The van der Waals surface area contributed by atoms with Crippen molar-refractivity contribution in [1.29, 1.82) is 0 Å². The summed E-state index contributed by atoms with van der Waals surface area (Å²) in [7, 11) is 0. The van der Waals surface area contributed by atoms with Crippen LogP contribution in [-0.2, 0) is 4.79 Å². The summed E-state index contributed by atoms with van der Waals surface area (Å²) in [6, 6.07) is 7.73. The van der Waals surface area contributed by atoms with Gasteiger partial charge >= 0.3 is 0 Å². The number of hydrogen-bond acceptors (Lipinski definition) is 3. The van der Waals surface area contributed by atoms with Crippen LogP contribution in [0.1, 0.15) is 43.5 Å². The van der Waals surface area contributed by atoms with Gasteiger partial charge in [-0.2, -0.15) is 0 Å². The molecule has 100 valence electrons. The fourth-order valence-corrected chi connectivity index (χ4v) is 2.74. The maximum absolute atomic E-state index is 11.2. The summed E-state index contributed by atoms with van der Waals surface area (Å²) in [6.45, 7) is 3.65. The van der Waals surface area contributed by atoms with E-state index in [1.807, 2.05) is 30.2 Å². The maximum atomic E-state index is 11.2. The van der Waals surface area contributed by atoms with E-state index in [0.717, 1.165) is 24.9 Å². The quantitative estimate of drug-likeness (QED) is 0.665. The third-order valence-electron chi connectivity index (χ3n) is 4.03. The molecule has 1 aromatic carbocycles. The SMILES string of the molecule is CC(=O)c1ccc(NC2CCCC2(C)C=C=O)cc1. The van der Waals surface area contributed by atoms with Crippen LogP contribution in [-0.4, -0.2) is 17.8 Å². The van der Waals surface area contributed by atoms with Crippen LogP contribution in [0.15, 0.2) is 30.3 Å². The van der Waals surface area contributed by atoms with Gasteiger partial charge in [-0.15, -0.1) is 0 Å². The van der Waals surface area contributed by atoms with Gasteiger partial charge in [-0.3, -0.25) is 4.79 Å². The van der Waals surface area contributed by atoms with Crippen LogP contribution in [0, 0.1) is 5.41 Å². The minimum absolute atomic E-state index is 0.0705. The molecule has 3 heteroatoms. The molecule has 0 aromatic heterocycles. The number of carbonyl (C=O) groups is 1. The minimum atomic E-state index is -0.124. The Kier molecular flexibility index (Phi) is 3.87. The maximum Gasteiger partial charge on any atom is 0.159 e. The van der Waals surface area contributed by atoms with Gasteiger partial charge in [0.1, 0.15) is 5.94 Å². The molecule has 1 aromatic rings. The molecule has 0 bridgehead atoms. The third-order valence-corrected chi connectivity index (χ3v) is 4.03. The molecule has 1 aliphatic rings. The lowest BCUT2D eigenvalue weighted by atomic mass is 9.85. The normalized spacial score (nSPS) is 25.7. The summed E-state index contributed by atoms with van der Waals surface area (Å²) in [4.78, 5) is 21.9. The Morgan fingerprint density at radius 3 is 2.68 bits per heavy atom. The number of ketones is 1. The molecule has 1 N–H and O–H groups in total. The zero-order chi connectivity index (χ0) is 13.9. The third kappa shape index (κ3) is 2.94. The van der Waals surface area contributed by atoms with Crippen molar-refractivity contribution in [3.05, 3.63) is 35.9 Å². The van der Waals surface area contributed by atoms with E-state index in [0.29, 0.717) is 5.56 Å². The second-order valence-electron chi connectivity index (χ2n) is 5.49. The van der Waals surface area contributed by atoms with Gasteiger partial charge in [0.15, 0.2) is 5.78 Å². The first-order valence-corrected chi connectivity index (χ1v) is 6.65. The van der Waals surface area contributed by atoms with Gasteiger partial charge in [-0.05, 0) is 44.0 Å². The van der Waals surface area contributed by atoms with Gasteiger partial charge < -0.3 is 5.32 Å². The molecule has 3 nitrogen and oxygen atoms in total. The molecular weight excluding hydrogens is 238 g/mol. The lowest BCUT2D eigenvalue weighted by Crippen LogP contribution is -2.32. The second kappa shape index (κ2) is 5.41. The van der Waals surface area contributed by atoms with E-state index in [9.17, 15) is 9.59 Å². The van der Waals surface area contributed by atoms with Gasteiger partial charge in [-0.1, -0.05) is 13.3 Å². The highest BCUT2D eigenvalue weighted by atomic mass is 16.1. The van der Waals surface area contributed by atoms with Crippen molar-refractivity contribution in [3.63, 3.8) is 0 Å². The van der Waals surface area contributed by atoms with E-state index in [1.54, 1.807) is 13.0 Å². The Balaban J connectivity index is 2.12. The topological polar surface area (TPSA) is 46.2 Å². The van der Waals surface area contributed by atoms with Crippen LogP contribution in [0.25, 0.3) is 0 Å². The fourth-order valence-electron chi connectivity index (χ4n) is 2.74. The fraction of sp³-hybridized carbons (Fsp3) is 0.438. The summed E-state index contributed by atoms with van der Waals surface area (Å²) in [5, 5.41) is 3.46. The van der Waals surface area contributed by atoms with Crippen molar-refractivity contribution in [2.24, 2.45) is 5.41 Å². The van der Waals surface area contributed by atoms with Crippen LogP contribution in [0.3, 0.4) is 0 Å². The highest BCUT2D eigenvalue weighted by Crippen LogP contribution is 2.40. The Morgan fingerprint density at radius 2 is 2.11 bits per heavy atom. The van der Waals surface area contributed by atoms with E-state index in [2.05, 4.69) is 12.2 Å². The molecule has 1 fully saturated rings. The van der Waals surface area contributed by atoms with Gasteiger partial charge in [0, 0.05) is 28.8 Å². The first-order chi connectivity index (χ1) is 9.05. The summed E-state index contributed by atoms with van der Waals surface area (Å²) in [6.07, 6.45) is 4.80. The summed E-state index contributed by atoms with van der Waals surface area (Å²) < 4.78 is 0. The number of anilines is 1. The molecule has 2 atom stereocenters. The van der Waals surface area contributed by atoms with E-state index in [4.69, 9.17) is 0 Å². The predicted molar refractivity (Wildman–Crippen MR) is 76.1 cm³/mol. The number of hydrogen-bond donors (Lipinski definition) is 1. The highest BCUT2D eigenvalue weighted by Gasteiger charge is 2.37. The smallest absolute Gasteiger partial charge is 0.159 e. The average Bonchev–Trinajstić information content (AvgIpc) is 2.72. The predicted octanol–water partition coefficient (Wildman–Crippen LogP) is 3.25. The van der Waals surface area contributed by atoms with E-state index in [-0.39, 0.29) is 17.2 Å². The van der Waals surface area contributed by atoms with Crippen molar-refractivity contribution >= 4 is 17.4 Å². The molecule has 2 unspecified atom stereocenters. The van der Waals surface area contributed by atoms with Crippen LogP contribution in [0.4, 0.5) is 5.69 Å². The molecule has 0 aliphatic heterocycles. The Bertz CT molecular complexity index is 514. The summed E-state index contributed by atoms with van der Waals surface area (Å²) in [5.74, 6) is 2.00. The van der Waals surface area contributed by atoms with E-state index in [1.165, 1.54) is 0 Å². The number of rotatable bonds is 4. The van der Waals surface area contributed by atoms with E-state index >= 15 is 0 Å². The molecule has 1 saturated carbocycles. The van der Waals surface area contributed by atoms with Crippen molar-refractivity contribution in [3.8, 4) is 0 Å². The highest BCUT2D eigenvalue weighted by molar-refractivity contribution is 5.94. The lowest BCUT2D eigenvalue weighted by Gasteiger charge is -2.28. The largest absolute Gasteiger partial charge is 0.381 e. The molecule has 1 aliphatic carbocycles. The Hall–Kier alpha value is -1.86. The van der Waals surface area contributed by atoms with Crippen LogP contribution in [0.5, 0.6) is 0 Å². The van der Waals surface area contributed by atoms with Gasteiger partial charge in [-0.25, -0.2) is 4.79 Å². The standard InChI is InChI=1S/C16H19NO2/c1-12(19)13-5-7-14(8-6-13)17-15-4-3-9-16(15,2)10-11-18/h5-8,10,15,17H,3-4,9H2,1-2H3. The average molecular weight is 257 g/mol. The van der Waals surface area contributed by atoms with Crippen molar-refractivity contribution in [2.75, 3.05) is 5.32 Å². The first kappa shape index (κ1) is 13.6. The summed E-state index contributed by atoms with van der Waals surface area (Å²) >= 11 is 0. The van der Waals surface area contributed by atoms with Crippen LogP contribution < -0.4 is 5.32 Å². The number of nitrogens with one attached hydrogen (secondary N) is 1. The molecule has 0 spiro atoms. The van der Waals surface area contributed by atoms with Crippen molar-refractivity contribution in [2.45, 2.75) is 39.2 Å². The van der Waals surface area contributed by atoms with Gasteiger partial charge in [0.05, 0.1) is 0 Å². The lowest BCUT2D eigenvalue weighted by molar-refractivity contribution is 0.101. The molecular formula is C16H19NO2. The molecule has 0 radical (unpaired) electrons. The minimum Gasteiger partial charge on any atom is -0.381 e. The molecule has 0 amide bonds. The monoisotopic (exact) mass is 257 g/mol. The zero-order valence-corrected chi connectivity index (χ0v) is 11.4. The Morgan fingerprint density at radius 1 is 1.42 bits per heavy atom. The number of carbonyl (C=O) groups excluding carboxylic acids is 2. The van der Waals surface area contributed by atoms with Gasteiger partial charge in [0.25, 0.3) is 0 Å². The molecule has 0 heterocycles. The molecule has 0 saturated heterocycles. The van der Waals surface area contributed by atoms with Crippen molar-refractivity contribution < 1.29 is 9.59 Å². The first-order valence-electron chi connectivity index (χ1n) is 6.65. The van der Waals surface area contributed by atoms with Crippen LogP contribution >= 0.6 is 0 Å². The zero-order valence-electron chi connectivity index (χ0n) is 11.4. The summed E-state index contributed by atoms with van der Waals surface area (Å²) in [5.41, 5.74) is 1.58.